The highest BCUT2D eigenvalue weighted by Gasteiger charge is 2.02. The number of aryl methyl sites for hydroxylation is 1. The van der Waals surface area contributed by atoms with Crippen LogP contribution in [0.15, 0.2) is 6.33 Å². The molecular formula is C5H11N5O2S. The van der Waals surface area contributed by atoms with Gasteiger partial charge in [-0.2, -0.15) is 13.5 Å². The normalized spacial score (nSPS) is 11.8. The van der Waals surface area contributed by atoms with Crippen LogP contribution in [0.5, 0.6) is 0 Å². The summed E-state index contributed by atoms with van der Waals surface area (Å²) < 4.78 is 24.6. The molecule has 0 saturated heterocycles. The fourth-order valence-electron chi connectivity index (χ4n) is 0.804. The standard InChI is InChI=1S/C5H11N5O2S/c1-10-4-7-5(9-10)2-3-8-13(6,11)12/h4,8H,2-3H2,1H3,(H2,6,11,12). The lowest BCUT2D eigenvalue weighted by molar-refractivity contribution is 0.582. The molecule has 0 aromatic carbocycles. The third-order valence-electron chi connectivity index (χ3n) is 1.30. The molecule has 1 rings (SSSR count). The molecule has 0 saturated carbocycles. The Bertz CT molecular complexity index is 370. The average Bonchev–Trinajstić information content (AvgIpc) is 2.33. The van der Waals surface area contributed by atoms with Crippen LogP contribution >= 0.6 is 0 Å². The molecule has 74 valence electrons. The molecule has 0 aliphatic heterocycles. The van der Waals surface area contributed by atoms with E-state index in [0.717, 1.165) is 0 Å². The number of nitrogens with zero attached hydrogens (tertiary/aromatic N) is 3. The van der Waals surface area contributed by atoms with E-state index in [4.69, 9.17) is 5.14 Å². The summed E-state index contributed by atoms with van der Waals surface area (Å²) in [6, 6.07) is 0. The topological polar surface area (TPSA) is 103 Å². The van der Waals surface area contributed by atoms with Gasteiger partial charge in [0, 0.05) is 20.0 Å². The van der Waals surface area contributed by atoms with Gasteiger partial charge in [-0.1, -0.05) is 0 Å². The Labute approximate surface area is 76.1 Å². The first-order valence-electron chi connectivity index (χ1n) is 3.59. The largest absolute Gasteiger partial charge is 0.274 e. The summed E-state index contributed by atoms with van der Waals surface area (Å²) in [6.45, 7) is 0.211. The van der Waals surface area contributed by atoms with Crippen LogP contribution in [-0.2, 0) is 23.7 Å². The Morgan fingerprint density at radius 2 is 2.38 bits per heavy atom. The predicted molar refractivity (Wildman–Crippen MR) is 45.8 cm³/mol. The van der Waals surface area contributed by atoms with E-state index in [1.54, 1.807) is 18.1 Å². The lowest BCUT2D eigenvalue weighted by Gasteiger charge is -1.97. The maximum Gasteiger partial charge on any atom is 0.274 e. The second-order valence-electron chi connectivity index (χ2n) is 2.52. The Balaban J connectivity index is 2.36. The summed E-state index contributed by atoms with van der Waals surface area (Å²) in [6.07, 6.45) is 1.98. The Kier molecular flexibility index (Phi) is 2.96. The molecule has 0 aliphatic rings. The molecule has 1 aromatic rings. The molecule has 1 aromatic heterocycles. The molecule has 8 heteroatoms. The molecule has 0 spiro atoms. The van der Waals surface area contributed by atoms with E-state index in [0.29, 0.717) is 12.2 Å². The molecule has 0 aliphatic carbocycles. The van der Waals surface area contributed by atoms with Gasteiger partial charge >= 0.3 is 0 Å². The van der Waals surface area contributed by atoms with Gasteiger partial charge in [-0.15, -0.1) is 0 Å². The van der Waals surface area contributed by atoms with Crippen molar-refractivity contribution >= 4 is 10.2 Å². The summed E-state index contributed by atoms with van der Waals surface area (Å²) in [4.78, 5) is 3.91. The maximum atomic E-state index is 10.4. The van der Waals surface area contributed by atoms with Gasteiger partial charge in [0.25, 0.3) is 10.2 Å². The van der Waals surface area contributed by atoms with Crippen LogP contribution in [0.4, 0.5) is 0 Å². The van der Waals surface area contributed by atoms with Crippen LogP contribution in [0.25, 0.3) is 0 Å². The Morgan fingerprint density at radius 3 is 2.85 bits per heavy atom. The minimum Gasteiger partial charge on any atom is -0.256 e. The number of nitrogens with one attached hydrogen (secondary N) is 1. The summed E-state index contributed by atoms with van der Waals surface area (Å²) >= 11 is 0. The summed E-state index contributed by atoms with van der Waals surface area (Å²) in [7, 11) is -1.86. The highest BCUT2D eigenvalue weighted by atomic mass is 32.2. The zero-order valence-corrected chi connectivity index (χ0v) is 7.95. The van der Waals surface area contributed by atoms with Gasteiger partial charge in [0.2, 0.25) is 0 Å². The predicted octanol–water partition coefficient (Wildman–Crippen LogP) is -1.85. The molecule has 0 fully saturated rings. The van der Waals surface area contributed by atoms with E-state index in [1.807, 2.05) is 0 Å². The first kappa shape index (κ1) is 10.1. The van der Waals surface area contributed by atoms with Crippen LogP contribution < -0.4 is 9.86 Å². The minimum atomic E-state index is -3.60. The molecule has 3 N–H and O–H groups in total. The fraction of sp³-hybridized carbons (Fsp3) is 0.600. The van der Waals surface area contributed by atoms with Crippen molar-refractivity contribution < 1.29 is 8.42 Å². The third-order valence-corrected chi connectivity index (χ3v) is 1.91. The average molecular weight is 205 g/mol. The molecule has 0 atom stereocenters. The number of rotatable bonds is 4. The van der Waals surface area contributed by atoms with E-state index >= 15 is 0 Å². The van der Waals surface area contributed by atoms with Crippen molar-refractivity contribution in [2.75, 3.05) is 6.54 Å². The second kappa shape index (κ2) is 3.81. The Hall–Kier alpha value is -0.990. The van der Waals surface area contributed by atoms with Crippen molar-refractivity contribution in [2.45, 2.75) is 6.42 Å². The van der Waals surface area contributed by atoms with Crippen molar-refractivity contribution in [1.29, 1.82) is 0 Å². The van der Waals surface area contributed by atoms with Crippen LogP contribution in [0.2, 0.25) is 0 Å². The molecule has 0 bridgehead atoms. The molecular weight excluding hydrogens is 194 g/mol. The summed E-state index contributed by atoms with van der Waals surface area (Å²) in [5.74, 6) is 0.582. The van der Waals surface area contributed by atoms with Gasteiger partial charge in [0.15, 0.2) is 5.82 Å². The van der Waals surface area contributed by atoms with Gasteiger partial charge in [0.05, 0.1) is 0 Å². The smallest absolute Gasteiger partial charge is 0.256 e. The lowest BCUT2D eigenvalue weighted by Crippen LogP contribution is -2.32. The van der Waals surface area contributed by atoms with Crippen molar-refractivity contribution in [3.05, 3.63) is 12.2 Å². The molecule has 1 heterocycles. The van der Waals surface area contributed by atoms with Crippen LogP contribution in [0, 0.1) is 0 Å². The van der Waals surface area contributed by atoms with Gasteiger partial charge in [-0.05, 0) is 0 Å². The van der Waals surface area contributed by atoms with Crippen molar-refractivity contribution in [3.8, 4) is 0 Å². The van der Waals surface area contributed by atoms with Crippen molar-refractivity contribution in [3.63, 3.8) is 0 Å². The van der Waals surface area contributed by atoms with E-state index < -0.39 is 10.2 Å². The SMILES string of the molecule is Cn1cnc(CCNS(N)(=O)=O)n1. The van der Waals surface area contributed by atoms with Crippen LogP contribution in [0.3, 0.4) is 0 Å². The first-order valence-corrected chi connectivity index (χ1v) is 5.14. The number of hydrogen-bond acceptors (Lipinski definition) is 4. The van der Waals surface area contributed by atoms with E-state index in [9.17, 15) is 8.42 Å². The van der Waals surface area contributed by atoms with E-state index in [2.05, 4.69) is 14.8 Å². The number of aromatic nitrogens is 3. The third kappa shape index (κ3) is 3.97. The highest BCUT2D eigenvalue weighted by molar-refractivity contribution is 7.87. The first-order chi connectivity index (χ1) is 5.97. The van der Waals surface area contributed by atoms with Gasteiger partial charge in [-0.3, -0.25) is 4.68 Å². The number of nitrogens with two attached hydrogens (primary N) is 1. The minimum absolute atomic E-state index is 0.211. The lowest BCUT2D eigenvalue weighted by atomic mass is 10.4. The molecule has 0 amide bonds. The van der Waals surface area contributed by atoms with Gasteiger partial charge in [0.1, 0.15) is 6.33 Å². The van der Waals surface area contributed by atoms with Crippen LogP contribution in [-0.4, -0.2) is 29.7 Å². The van der Waals surface area contributed by atoms with Crippen molar-refractivity contribution in [1.82, 2.24) is 19.5 Å². The van der Waals surface area contributed by atoms with E-state index in [1.165, 1.54) is 0 Å². The Morgan fingerprint density at radius 1 is 1.69 bits per heavy atom. The van der Waals surface area contributed by atoms with Crippen LogP contribution in [0.1, 0.15) is 5.82 Å². The number of hydrogen-bond donors (Lipinski definition) is 2. The summed E-state index contributed by atoms with van der Waals surface area (Å²) in [5.41, 5.74) is 0. The zero-order chi connectivity index (χ0) is 9.90. The van der Waals surface area contributed by atoms with E-state index in [-0.39, 0.29) is 6.54 Å². The molecule has 0 radical (unpaired) electrons. The monoisotopic (exact) mass is 205 g/mol. The zero-order valence-electron chi connectivity index (χ0n) is 7.14. The quantitative estimate of drug-likeness (QED) is 0.602. The molecule has 7 nitrogen and oxygen atoms in total. The van der Waals surface area contributed by atoms with Gasteiger partial charge < -0.3 is 0 Å². The van der Waals surface area contributed by atoms with Gasteiger partial charge in [-0.25, -0.2) is 14.8 Å². The fourth-order valence-corrected chi connectivity index (χ4v) is 1.19. The highest BCUT2D eigenvalue weighted by Crippen LogP contribution is 1.88. The summed E-state index contributed by atoms with van der Waals surface area (Å²) in [5, 5.41) is 8.68. The molecule has 13 heavy (non-hydrogen) atoms. The molecule has 0 unspecified atom stereocenters. The van der Waals surface area contributed by atoms with Crippen molar-refractivity contribution in [2.24, 2.45) is 12.2 Å². The maximum absolute atomic E-state index is 10.4. The second-order valence-corrected chi connectivity index (χ2v) is 3.90.